The highest BCUT2D eigenvalue weighted by Gasteiger charge is 2.29. The van der Waals surface area contributed by atoms with Crippen LogP contribution in [0.5, 0.6) is 0 Å². The summed E-state index contributed by atoms with van der Waals surface area (Å²) in [6.45, 7) is 1.41. The number of carbonyl (C=O) groups is 2. The monoisotopic (exact) mass is 382 g/mol. The van der Waals surface area contributed by atoms with Gasteiger partial charge in [0.25, 0.3) is 5.91 Å². The maximum atomic E-state index is 12.8. The summed E-state index contributed by atoms with van der Waals surface area (Å²) < 4.78 is 27.0. The first-order chi connectivity index (χ1) is 12.2. The second-order valence-corrected chi connectivity index (χ2v) is 8.77. The zero-order valence-electron chi connectivity index (χ0n) is 15.4. The minimum atomic E-state index is -3.62. The van der Waals surface area contributed by atoms with Crippen molar-refractivity contribution in [2.75, 3.05) is 14.1 Å². The molecule has 0 heterocycles. The van der Waals surface area contributed by atoms with Gasteiger partial charge in [0.15, 0.2) is 0 Å². The molecule has 1 aromatic rings. The van der Waals surface area contributed by atoms with E-state index in [0.717, 1.165) is 37.0 Å². The molecule has 1 atom stereocenters. The maximum absolute atomic E-state index is 12.8. The van der Waals surface area contributed by atoms with Gasteiger partial charge < -0.3 is 10.0 Å². The van der Waals surface area contributed by atoms with E-state index in [2.05, 4.69) is 0 Å². The molecule has 8 heteroatoms. The molecule has 2 rings (SSSR count). The van der Waals surface area contributed by atoms with Crippen molar-refractivity contribution < 1.29 is 23.1 Å². The Labute approximate surface area is 154 Å². The molecule has 1 saturated carbocycles. The average Bonchev–Trinajstić information content (AvgIpc) is 2.66. The van der Waals surface area contributed by atoms with E-state index >= 15 is 0 Å². The third-order valence-corrected chi connectivity index (χ3v) is 7.05. The summed E-state index contributed by atoms with van der Waals surface area (Å²) in [6, 6.07) is 4.70. The fourth-order valence-corrected chi connectivity index (χ4v) is 4.54. The Morgan fingerprint density at radius 3 is 2.12 bits per heavy atom. The molecule has 144 valence electrons. The third kappa shape index (κ3) is 4.24. The molecular weight excluding hydrogens is 356 g/mol. The smallest absolute Gasteiger partial charge is 0.326 e. The molecule has 1 fully saturated rings. The number of sulfonamides is 1. The fourth-order valence-electron chi connectivity index (χ4n) is 3.12. The van der Waals surface area contributed by atoms with E-state index in [1.807, 2.05) is 0 Å². The predicted molar refractivity (Wildman–Crippen MR) is 97.5 cm³/mol. The van der Waals surface area contributed by atoms with Crippen LogP contribution in [-0.2, 0) is 14.8 Å². The molecule has 26 heavy (non-hydrogen) atoms. The van der Waals surface area contributed by atoms with Gasteiger partial charge in [-0.1, -0.05) is 19.3 Å². The van der Waals surface area contributed by atoms with Crippen LogP contribution in [0, 0.1) is 0 Å². The Kier molecular flexibility index (Phi) is 6.41. The molecule has 0 aliphatic heterocycles. The van der Waals surface area contributed by atoms with Gasteiger partial charge in [-0.25, -0.2) is 13.2 Å². The van der Waals surface area contributed by atoms with Crippen molar-refractivity contribution in [3.05, 3.63) is 29.8 Å². The zero-order chi connectivity index (χ0) is 19.5. The van der Waals surface area contributed by atoms with Crippen LogP contribution in [0.4, 0.5) is 0 Å². The zero-order valence-corrected chi connectivity index (χ0v) is 16.2. The summed E-state index contributed by atoms with van der Waals surface area (Å²) in [5.41, 5.74) is 0.250. The van der Waals surface area contributed by atoms with Crippen LogP contribution < -0.4 is 0 Å². The first-order valence-corrected chi connectivity index (χ1v) is 10.2. The SMILES string of the molecule is CC(C(=O)O)N(C)C(=O)c1ccc(S(=O)(=O)N(C)C2CCCCC2)cc1. The van der Waals surface area contributed by atoms with Crippen LogP contribution in [0.1, 0.15) is 49.4 Å². The number of carboxylic acids is 1. The van der Waals surface area contributed by atoms with Gasteiger partial charge >= 0.3 is 5.97 Å². The molecule has 0 bridgehead atoms. The number of aliphatic carboxylic acids is 1. The van der Waals surface area contributed by atoms with E-state index in [-0.39, 0.29) is 16.5 Å². The summed E-state index contributed by atoms with van der Waals surface area (Å²) >= 11 is 0. The lowest BCUT2D eigenvalue weighted by molar-refractivity contribution is -0.141. The lowest BCUT2D eigenvalue weighted by Crippen LogP contribution is -2.40. The number of rotatable bonds is 6. The number of carbonyl (C=O) groups excluding carboxylic acids is 1. The fraction of sp³-hybridized carbons (Fsp3) is 0.556. The largest absolute Gasteiger partial charge is 0.480 e. The molecule has 0 spiro atoms. The molecule has 1 aliphatic rings. The Hall–Kier alpha value is -1.93. The lowest BCUT2D eigenvalue weighted by atomic mass is 9.96. The van der Waals surface area contributed by atoms with Crippen molar-refractivity contribution in [3.8, 4) is 0 Å². The van der Waals surface area contributed by atoms with Gasteiger partial charge in [0.05, 0.1) is 4.90 Å². The van der Waals surface area contributed by atoms with E-state index in [4.69, 9.17) is 5.11 Å². The number of hydrogen-bond acceptors (Lipinski definition) is 4. The second kappa shape index (κ2) is 8.18. The second-order valence-electron chi connectivity index (χ2n) is 6.77. The summed E-state index contributed by atoms with van der Waals surface area (Å²) in [4.78, 5) is 24.6. The highest BCUT2D eigenvalue weighted by atomic mass is 32.2. The lowest BCUT2D eigenvalue weighted by Gasteiger charge is -2.30. The molecule has 1 amide bonds. The first-order valence-electron chi connectivity index (χ1n) is 8.74. The van der Waals surface area contributed by atoms with Crippen molar-refractivity contribution in [3.63, 3.8) is 0 Å². The van der Waals surface area contributed by atoms with Crippen molar-refractivity contribution >= 4 is 21.9 Å². The van der Waals surface area contributed by atoms with Crippen LogP contribution in [0.25, 0.3) is 0 Å². The quantitative estimate of drug-likeness (QED) is 0.814. The predicted octanol–water partition coefficient (Wildman–Crippen LogP) is 2.18. The number of nitrogens with zero attached hydrogens (tertiary/aromatic N) is 2. The maximum Gasteiger partial charge on any atom is 0.326 e. The summed E-state index contributed by atoms with van der Waals surface area (Å²) in [5, 5.41) is 9.01. The minimum absolute atomic E-state index is 0.0117. The van der Waals surface area contributed by atoms with Gasteiger partial charge in [-0.15, -0.1) is 0 Å². The molecule has 7 nitrogen and oxygen atoms in total. The van der Waals surface area contributed by atoms with Gasteiger partial charge in [0, 0.05) is 25.7 Å². The molecular formula is C18H26N2O5S. The minimum Gasteiger partial charge on any atom is -0.480 e. The third-order valence-electron chi connectivity index (χ3n) is 5.13. The Balaban J connectivity index is 2.17. The van der Waals surface area contributed by atoms with Crippen molar-refractivity contribution in [1.29, 1.82) is 0 Å². The normalized spacial score (nSPS) is 17.1. The highest BCUT2D eigenvalue weighted by molar-refractivity contribution is 7.89. The van der Waals surface area contributed by atoms with Crippen LogP contribution in [0.3, 0.4) is 0 Å². The van der Waals surface area contributed by atoms with Crippen molar-refractivity contribution in [2.45, 2.75) is 56.0 Å². The van der Waals surface area contributed by atoms with E-state index in [1.54, 1.807) is 7.05 Å². The van der Waals surface area contributed by atoms with E-state index in [9.17, 15) is 18.0 Å². The first kappa shape index (κ1) is 20.4. The number of hydrogen-bond donors (Lipinski definition) is 1. The number of carboxylic acid groups (broad SMARTS) is 1. The molecule has 1 aromatic carbocycles. The topological polar surface area (TPSA) is 95.0 Å². The Morgan fingerprint density at radius 1 is 1.08 bits per heavy atom. The molecule has 1 aliphatic carbocycles. The van der Waals surface area contributed by atoms with Crippen LogP contribution in [0.15, 0.2) is 29.2 Å². The molecule has 0 saturated heterocycles. The molecule has 0 aromatic heterocycles. The van der Waals surface area contributed by atoms with Gasteiger partial charge in [-0.3, -0.25) is 4.79 Å². The van der Waals surface area contributed by atoms with Crippen LogP contribution in [0.2, 0.25) is 0 Å². The van der Waals surface area contributed by atoms with Gasteiger partial charge in [0.1, 0.15) is 6.04 Å². The van der Waals surface area contributed by atoms with Crippen molar-refractivity contribution in [2.24, 2.45) is 0 Å². The number of amides is 1. The highest BCUT2D eigenvalue weighted by Crippen LogP contribution is 2.26. The van der Waals surface area contributed by atoms with Gasteiger partial charge in [-0.05, 0) is 44.0 Å². The van der Waals surface area contributed by atoms with E-state index < -0.39 is 27.9 Å². The number of benzene rings is 1. The van der Waals surface area contributed by atoms with E-state index in [0.29, 0.717) is 0 Å². The molecule has 1 unspecified atom stereocenters. The van der Waals surface area contributed by atoms with Crippen molar-refractivity contribution in [1.82, 2.24) is 9.21 Å². The van der Waals surface area contributed by atoms with Crippen LogP contribution >= 0.6 is 0 Å². The summed E-state index contributed by atoms with van der Waals surface area (Å²) in [5.74, 6) is -1.57. The van der Waals surface area contributed by atoms with Gasteiger partial charge in [-0.2, -0.15) is 4.31 Å². The molecule has 0 radical (unpaired) electrons. The molecule has 1 N–H and O–H groups in total. The summed E-state index contributed by atoms with van der Waals surface area (Å²) in [6.07, 6.45) is 4.94. The van der Waals surface area contributed by atoms with Crippen LogP contribution in [-0.4, -0.2) is 60.8 Å². The Bertz CT molecular complexity index is 754. The average molecular weight is 382 g/mol. The van der Waals surface area contributed by atoms with E-state index in [1.165, 1.54) is 42.5 Å². The number of likely N-dealkylation sites (N-methyl/N-ethyl adjacent to an activating group) is 1. The Morgan fingerprint density at radius 2 is 1.62 bits per heavy atom. The van der Waals surface area contributed by atoms with Gasteiger partial charge in [0.2, 0.25) is 10.0 Å². The summed E-state index contributed by atoms with van der Waals surface area (Å²) in [7, 11) is -0.608. The standard InChI is InChI=1S/C18H26N2O5S/c1-13(18(22)23)19(2)17(21)14-9-11-16(12-10-14)26(24,25)20(3)15-7-5-4-6-8-15/h9-13,15H,4-8H2,1-3H3,(H,22,23).